The number of nitrogens with one attached hydrogen (secondary N) is 1. The molecule has 4 atom stereocenters. The minimum Gasteiger partial charge on any atom is -0.368 e. The number of ether oxygens (including phenoxy) is 1. The van der Waals surface area contributed by atoms with E-state index in [4.69, 9.17) is 19.0 Å². The minimum atomic E-state index is -2.43. The van der Waals surface area contributed by atoms with Crippen molar-refractivity contribution in [1.82, 2.24) is 14.2 Å². The normalized spacial score (nSPS) is 22.2. The highest BCUT2D eigenvalue weighted by atomic mass is 31.2. The van der Waals surface area contributed by atoms with E-state index in [1.807, 2.05) is 0 Å². The molecule has 1 aliphatic rings. The van der Waals surface area contributed by atoms with Gasteiger partial charge in [0, 0.05) is 30.4 Å². The largest absolute Gasteiger partial charge is 0.368 e. The highest BCUT2D eigenvalue weighted by molar-refractivity contribution is 7.62. The quantitative estimate of drug-likeness (QED) is 0.340. The summed E-state index contributed by atoms with van der Waals surface area (Å²) < 4.78 is 34.5. The maximum atomic E-state index is 12.4. The first-order chi connectivity index (χ1) is 15.4. The third kappa shape index (κ3) is 8.43. The van der Waals surface area contributed by atoms with Crippen molar-refractivity contribution in [2.75, 3.05) is 26.3 Å². The molecule has 2 rings (SSSR count). The third-order valence-electron chi connectivity index (χ3n) is 5.16. The second-order valence-electron chi connectivity index (χ2n) is 9.24. The van der Waals surface area contributed by atoms with Gasteiger partial charge in [0.1, 0.15) is 7.14 Å². The van der Waals surface area contributed by atoms with Crippen molar-refractivity contribution in [3.63, 3.8) is 0 Å². The molecule has 10 nitrogen and oxygen atoms in total. The summed E-state index contributed by atoms with van der Waals surface area (Å²) in [5.41, 5.74) is -0.936. The van der Waals surface area contributed by atoms with E-state index in [1.54, 1.807) is 13.3 Å². The van der Waals surface area contributed by atoms with Gasteiger partial charge in [0.2, 0.25) is 0 Å². The molecule has 2 unspecified atom stereocenters. The second kappa shape index (κ2) is 12.4. The summed E-state index contributed by atoms with van der Waals surface area (Å²) in [6, 6.07) is 3.44. The molecule has 1 heterocycles. The Balaban J connectivity index is 2.30. The van der Waals surface area contributed by atoms with Gasteiger partial charge in [-0.25, -0.2) is 9.46 Å². The number of rotatable bonds is 12. The van der Waals surface area contributed by atoms with E-state index >= 15 is 0 Å². The van der Waals surface area contributed by atoms with E-state index < -0.39 is 39.1 Å². The van der Waals surface area contributed by atoms with Gasteiger partial charge in [0.15, 0.2) is 0 Å². The summed E-state index contributed by atoms with van der Waals surface area (Å²) in [4.78, 5) is 26.1. The van der Waals surface area contributed by atoms with E-state index in [9.17, 15) is 14.2 Å². The zero-order valence-corrected chi connectivity index (χ0v) is 22.1. The molecule has 0 aromatic carbocycles. The molecule has 186 valence electrons. The Labute approximate surface area is 196 Å². The van der Waals surface area contributed by atoms with Gasteiger partial charge in [-0.15, -0.1) is 0 Å². The van der Waals surface area contributed by atoms with E-state index in [0.29, 0.717) is 12.8 Å². The van der Waals surface area contributed by atoms with Crippen LogP contribution in [0.5, 0.6) is 0 Å². The van der Waals surface area contributed by atoms with Gasteiger partial charge in [-0.2, -0.15) is 5.26 Å². The predicted octanol–water partition coefficient (Wildman–Crippen LogP) is 3.50. The summed E-state index contributed by atoms with van der Waals surface area (Å²) in [6.45, 7) is 11.8. The summed E-state index contributed by atoms with van der Waals surface area (Å²) in [5.74, 6) is 0. The Bertz CT molecular complexity index is 958. The molecule has 1 N–H and O–H groups in total. The van der Waals surface area contributed by atoms with Gasteiger partial charge < -0.3 is 18.3 Å². The van der Waals surface area contributed by atoms with E-state index in [-0.39, 0.29) is 37.5 Å². The van der Waals surface area contributed by atoms with Crippen molar-refractivity contribution in [2.24, 2.45) is 0 Å². The lowest BCUT2D eigenvalue weighted by molar-refractivity contribution is 0.00418. The monoisotopic (exact) mass is 502 g/mol. The van der Waals surface area contributed by atoms with Gasteiger partial charge in [0.25, 0.3) is 14.1 Å². The van der Waals surface area contributed by atoms with Crippen LogP contribution < -0.4 is 11.2 Å². The molecule has 1 fully saturated rings. The van der Waals surface area contributed by atoms with Crippen molar-refractivity contribution in [3.8, 4) is 6.07 Å². The van der Waals surface area contributed by atoms with Crippen molar-refractivity contribution in [2.45, 2.75) is 77.3 Å². The van der Waals surface area contributed by atoms with Gasteiger partial charge in [-0.3, -0.25) is 14.3 Å². The van der Waals surface area contributed by atoms with E-state index in [0.717, 1.165) is 0 Å². The lowest BCUT2D eigenvalue weighted by atomic mass is 10.2. The number of H-pyrrole nitrogens is 1. The average molecular weight is 502 g/mol. The van der Waals surface area contributed by atoms with Crippen LogP contribution in [0.15, 0.2) is 21.9 Å². The van der Waals surface area contributed by atoms with Gasteiger partial charge in [-0.05, 0) is 53.9 Å². The lowest BCUT2D eigenvalue weighted by Crippen LogP contribution is -2.36. The molecule has 0 aliphatic heterocycles. The molecule has 0 saturated heterocycles. The molecule has 1 saturated carbocycles. The van der Waals surface area contributed by atoms with Crippen LogP contribution in [0, 0.1) is 11.3 Å². The van der Waals surface area contributed by atoms with Crippen LogP contribution in [0.2, 0.25) is 0 Å². The minimum absolute atomic E-state index is 0.107. The molecule has 1 aromatic heterocycles. The number of nitriles is 1. The van der Waals surface area contributed by atoms with Crippen LogP contribution in [0.1, 0.15) is 53.0 Å². The molecule has 1 aliphatic carbocycles. The number of nitrogens with zero attached hydrogens (tertiary/aromatic N) is 3. The first kappa shape index (κ1) is 27.9. The third-order valence-corrected chi connectivity index (χ3v) is 8.08. The maximum Gasteiger partial charge on any atom is 0.328 e. The Morgan fingerprint density at radius 3 is 2.42 bits per heavy atom. The summed E-state index contributed by atoms with van der Waals surface area (Å²) in [6.07, 6.45) is 1.98. The van der Waals surface area contributed by atoms with Crippen molar-refractivity contribution in [1.29, 1.82) is 5.26 Å². The topological polar surface area (TPSA) is 127 Å². The van der Waals surface area contributed by atoms with Crippen molar-refractivity contribution >= 4 is 15.7 Å². The smallest absolute Gasteiger partial charge is 0.328 e. The lowest BCUT2D eigenvalue weighted by Gasteiger charge is -2.37. The molecular weight excluding hydrogens is 466 g/mol. The highest BCUT2D eigenvalue weighted by Gasteiger charge is 2.41. The fraction of sp³-hybridized carbons (Fsp3) is 0.762. The standard InChI is InChI=1S/C21H36N4O6P2/c1-15(2)25(16(3)4)32(30-11-7-9-22)31-19-13-17(12-18(19)29-14-33(5,6)28)24-10-8-20(26)23-21(24)27/h8,10,15-19H,7,11-14H2,1-6H3,(H,23,26,27)/t17-,18+,19?,32?/m0/s1. The second-order valence-corrected chi connectivity index (χ2v) is 14.1. The predicted molar refractivity (Wildman–Crippen MR) is 129 cm³/mol. The molecule has 0 radical (unpaired) electrons. The van der Waals surface area contributed by atoms with Crippen LogP contribution in [0.4, 0.5) is 0 Å². The van der Waals surface area contributed by atoms with Gasteiger partial charge in [-0.1, -0.05) is 0 Å². The number of aromatic nitrogens is 2. The zero-order valence-electron chi connectivity index (χ0n) is 20.3. The van der Waals surface area contributed by atoms with Crippen LogP contribution >= 0.6 is 15.7 Å². The summed E-state index contributed by atoms with van der Waals surface area (Å²) in [7, 11) is -3.93. The number of hydrogen-bond donors (Lipinski definition) is 1. The Kier molecular flexibility index (Phi) is 10.5. The SMILES string of the molecule is CC(C)N(C(C)C)P(OCCC#N)OC1C[C@@H](n2ccc(=O)[nH]c2=O)C[C@H]1OCP(C)(C)=O. The number of hydrogen-bond acceptors (Lipinski definition) is 8. The Hall–Kier alpha value is -1.33. The van der Waals surface area contributed by atoms with E-state index in [2.05, 4.69) is 43.4 Å². The summed E-state index contributed by atoms with van der Waals surface area (Å²) >= 11 is 0. The molecule has 12 heteroatoms. The molecule has 0 amide bonds. The first-order valence-electron chi connectivity index (χ1n) is 11.1. The van der Waals surface area contributed by atoms with Crippen LogP contribution in [0.3, 0.4) is 0 Å². The van der Waals surface area contributed by atoms with Crippen molar-refractivity contribution < 1.29 is 18.3 Å². The van der Waals surface area contributed by atoms with Gasteiger partial charge >= 0.3 is 5.69 Å². The number of aromatic amines is 1. The molecule has 33 heavy (non-hydrogen) atoms. The van der Waals surface area contributed by atoms with Crippen LogP contribution in [-0.2, 0) is 18.3 Å². The fourth-order valence-corrected chi connectivity index (χ4v) is 6.16. The van der Waals surface area contributed by atoms with Crippen molar-refractivity contribution in [3.05, 3.63) is 33.1 Å². The van der Waals surface area contributed by atoms with Crippen LogP contribution in [0.25, 0.3) is 0 Å². The summed E-state index contributed by atoms with van der Waals surface area (Å²) in [5, 5.41) is 8.93. The molecule has 1 aromatic rings. The fourth-order valence-electron chi connectivity index (χ4n) is 3.85. The van der Waals surface area contributed by atoms with Gasteiger partial charge in [0.05, 0.1) is 37.7 Å². The Morgan fingerprint density at radius 1 is 1.24 bits per heavy atom. The van der Waals surface area contributed by atoms with E-state index in [1.165, 1.54) is 16.8 Å². The Morgan fingerprint density at radius 2 is 1.88 bits per heavy atom. The molecule has 0 bridgehead atoms. The highest BCUT2D eigenvalue weighted by Crippen LogP contribution is 2.51. The average Bonchev–Trinajstić information content (AvgIpc) is 3.07. The van der Waals surface area contributed by atoms with Crippen LogP contribution in [-0.4, -0.2) is 64.8 Å². The first-order valence-corrected chi connectivity index (χ1v) is 15.1. The maximum absolute atomic E-state index is 12.4. The molecule has 0 spiro atoms. The zero-order chi connectivity index (χ0) is 24.8. The molecular formula is C21H36N4O6P2.